The van der Waals surface area contributed by atoms with Gasteiger partial charge in [-0.1, -0.05) is 19.3 Å². The maximum absolute atomic E-state index is 12.3. The Bertz CT molecular complexity index is 537. The molecule has 1 aromatic heterocycles. The van der Waals surface area contributed by atoms with Crippen LogP contribution in [-0.4, -0.2) is 33.3 Å². The van der Waals surface area contributed by atoms with Gasteiger partial charge in [-0.3, -0.25) is 14.3 Å². The first kappa shape index (κ1) is 19.2. The number of carbonyl (C=O) groups is 2. The Balaban J connectivity index is 2.25. The van der Waals surface area contributed by atoms with Crippen LogP contribution in [0.3, 0.4) is 0 Å². The second kappa shape index (κ2) is 9.33. The lowest BCUT2D eigenvalue weighted by molar-refractivity contribution is -0.137. The van der Waals surface area contributed by atoms with Crippen molar-refractivity contribution in [3.8, 4) is 0 Å². The molecule has 0 saturated carbocycles. The fraction of sp³-hybridized carbons (Fsp3) is 0.706. The van der Waals surface area contributed by atoms with Crippen LogP contribution < -0.4 is 5.32 Å². The molecule has 0 aliphatic heterocycles. The number of aliphatic carboxylic acids is 1. The van der Waals surface area contributed by atoms with Gasteiger partial charge in [0.05, 0.1) is 11.6 Å². The van der Waals surface area contributed by atoms with E-state index in [1.165, 1.54) is 0 Å². The summed E-state index contributed by atoms with van der Waals surface area (Å²) in [6, 6.07) is 0. The fourth-order valence-electron chi connectivity index (χ4n) is 2.84. The van der Waals surface area contributed by atoms with Gasteiger partial charge in [-0.2, -0.15) is 5.10 Å². The molecule has 23 heavy (non-hydrogen) atoms. The Hall–Kier alpha value is -1.85. The number of amides is 1. The van der Waals surface area contributed by atoms with Crippen LogP contribution in [0.1, 0.15) is 68.3 Å². The van der Waals surface area contributed by atoms with Crippen molar-refractivity contribution in [2.45, 2.75) is 65.2 Å². The molecule has 1 atom stereocenters. The van der Waals surface area contributed by atoms with Crippen LogP contribution >= 0.6 is 0 Å². The molecule has 2 N–H and O–H groups in total. The Labute approximate surface area is 138 Å². The average molecular weight is 323 g/mol. The van der Waals surface area contributed by atoms with Crippen molar-refractivity contribution in [1.29, 1.82) is 0 Å². The molecular weight excluding hydrogens is 294 g/mol. The molecule has 1 rings (SSSR count). The molecule has 0 fully saturated rings. The molecule has 0 aliphatic carbocycles. The first-order chi connectivity index (χ1) is 10.8. The van der Waals surface area contributed by atoms with Crippen LogP contribution in [0.25, 0.3) is 0 Å². The molecule has 0 aliphatic rings. The zero-order valence-corrected chi connectivity index (χ0v) is 14.7. The third-order valence-electron chi connectivity index (χ3n) is 4.26. The molecule has 0 spiro atoms. The highest BCUT2D eigenvalue weighted by Crippen LogP contribution is 2.22. The normalized spacial score (nSPS) is 12.2. The van der Waals surface area contributed by atoms with Gasteiger partial charge in [0.25, 0.3) is 0 Å². The minimum absolute atomic E-state index is 0.0371. The first-order valence-electron chi connectivity index (χ1n) is 8.34. The number of aromatic nitrogens is 2. The molecule has 6 nitrogen and oxygen atoms in total. The van der Waals surface area contributed by atoms with Gasteiger partial charge in [-0.25, -0.2) is 0 Å². The Kier molecular flexibility index (Phi) is 7.78. The van der Waals surface area contributed by atoms with Crippen molar-refractivity contribution in [1.82, 2.24) is 15.1 Å². The number of unbranched alkanes of at least 4 members (excludes halogenated alkanes) is 4. The van der Waals surface area contributed by atoms with E-state index in [-0.39, 0.29) is 18.2 Å². The van der Waals surface area contributed by atoms with E-state index >= 15 is 0 Å². The second-order valence-electron chi connectivity index (χ2n) is 6.13. The van der Waals surface area contributed by atoms with Crippen molar-refractivity contribution in [3.05, 3.63) is 17.0 Å². The predicted molar refractivity (Wildman–Crippen MR) is 89.4 cm³/mol. The van der Waals surface area contributed by atoms with Gasteiger partial charge in [0.1, 0.15) is 0 Å². The quantitative estimate of drug-likeness (QED) is 0.648. The maximum atomic E-state index is 12.3. The molecule has 1 amide bonds. The Morgan fingerprint density at radius 2 is 1.78 bits per heavy atom. The van der Waals surface area contributed by atoms with Gasteiger partial charge >= 0.3 is 5.97 Å². The molecule has 1 aromatic rings. The first-order valence-corrected chi connectivity index (χ1v) is 8.34. The topological polar surface area (TPSA) is 84.2 Å². The van der Waals surface area contributed by atoms with Gasteiger partial charge in [0.15, 0.2) is 0 Å². The summed E-state index contributed by atoms with van der Waals surface area (Å²) in [6.45, 7) is 6.50. The molecule has 0 bridgehead atoms. The molecule has 1 heterocycles. The third kappa shape index (κ3) is 6.04. The van der Waals surface area contributed by atoms with Gasteiger partial charge in [0, 0.05) is 31.3 Å². The van der Waals surface area contributed by atoms with E-state index in [1.807, 2.05) is 32.5 Å². The van der Waals surface area contributed by atoms with E-state index in [2.05, 4.69) is 10.4 Å². The number of aryl methyl sites for hydroxylation is 2. The van der Waals surface area contributed by atoms with Crippen LogP contribution in [-0.2, 0) is 16.6 Å². The van der Waals surface area contributed by atoms with Crippen molar-refractivity contribution < 1.29 is 14.7 Å². The van der Waals surface area contributed by atoms with Crippen LogP contribution in [0.2, 0.25) is 0 Å². The highest BCUT2D eigenvalue weighted by Gasteiger charge is 2.22. The van der Waals surface area contributed by atoms with Gasteiger partial charge < -0.3 is 10.4 Å². The minimum atomic E-state index is -0.729. The van der Waals surface area contributed by atoms with Crippen molar-refractivity contribution >= 4 is 11.9 Å². The van der Waals surface area contributed by atoms with Crippen molar-refractivity contribution in [2.24, 2.45) is 7.05 Å². The summed E-state index contributed by atoms with van der Waals surface area (Å²) in [5.74, 6) is -0.887. The van der Waals surface area contributed by atoms with Crippen LogP contribution in [0.4, 0.5) is 0 Å². The van der Waals surface area contributed by atoms with E-state index in [1.54, 1.807) is 0 Å². The lowest BCUT2D eigenvalue weighted by Gasteiger charge is -2.13. The monoisotopic (exact) mass is 323 g/mol. The molecule has 0 radical (unpaired) electrons. The van der Waals surface area contributed by atoms with E-state index in [9.17, 15) is 9.59 Å². The van der Waals surface area contributed by atoms with Gasteiger partial charge in [-0.05, 0) is 33.6 Å². The number of carboxylic acids is 1. The molecule has 0 saturated heterocycles. The Morgan fingerprint density at radius 3 is 2.35 bits per heavy atom. The van der Waals surface area contributed by atoms with Crippen molar-refractivity contribution in [2.75, 3.05) is 6.54 Å². The largest absolute Gasteiger partial charge is 0.481 e. The van der Waals surface area contributed by atoms with Crippen molar-refractivity contribution in [3.63, 3.8) is 0 Å². The Morgan fingerprint density at radius 1 is 1.17 bits per heavy atom. The summed E-state index contributed by atoms with van der Waals surface area (Å²) in [4.78, 5) is 22.6. The van der Waals surface area contributed by atoms with E-state index in [4.69, 9.17) is 5.11 Å². The smallest absolute Gasteiger partial charge is 0.303 e. The number of hydrogen-bond acceptors (Lipinski definition) is 3. The third-order valence-corrected chi connectivity index (χ3v) is 4.26. The number of nitrogens with zero attached hydrogens (tertiary/aromatic N) is 2. The molecule has 1 unspecified atom stereocenters. The van der Waals surface area contributed by atoms with Crippen LogP contribution in [0.15, 0.2) is 0 Å². The standard InChI is InChI=1S/C17H29N3O3/c1-12(16-13(2)19-20(4)14(16)3)17(23)18-11-9-7-5-6-8-10-15(21)22/h12H,5-11H2,1-4H3,(H,18,23)(H,21,22). The van der Waals surface area contributed by atoms with Gasteiger partial charge in [-0.15, -0.1) is 0 Å². The molecule has 130 valence electrons. The summed E-state index contributed by atoms with van der Waals surface area (Å²) in [5, 5.41) is 15.9. The number of carboxylic acid groups (broad SMARTS) is 1. The zero-order valence-electron chi connectivity index (χ0n) is 14.7. The molecule has 6 heteroatoms. The highest BCUT2D eigenvalue weighted by atomic mass is 16.4. The number of rotatable bonds is 10. The zero-order chi connectivity index (χ0) is 17.4. The number of carbonyl (C=O) groups excluding carboxylic acids is 1. The summed E-state index contributed by atoms with van der Waals surface area (Å²) in [6.07, 6.45) is 4.87. The maximum Gasteiger partial charge on any atom is 0.303 e. The van der Waals surface area contributed by atoms with E-state index in [0.717, 1.165) is 49.1 Å². The summed E-state index contributed by atoms with van der Waals surface area (Å²) in [5.41, 5.74) is 2.95. The second-order valence-corrected chi connectivity index (χ2v) is 6.13. The fourth-order valence-corrected chi connectivity index (χ4v) is 2.84. The van der Waals surface area contributed by atoms with E-state index in [0.29, 0.717) is 6.54 Å². The lowest BCUT2D eigenvalue weighted by atomic mass is 9.98. The van der Waals surface area contributed by atoms with Crippen LogP contribution in [0.5, 0.6) is 0 Å². The van der Waals surface area contributed by atoms with Crippen LogP contribution in [0, 0.1) is 13.8 Å². The molecule has 0 aromatic carbocycles. The predicted octanol–water partition coefficient (Wildman–Crippen LogP) is 2.68. The van der Waals surface area contributed by atoms with Gasteiger partial charge in [0.2, 0.25) is 5.91 Å². The SMILES string of the molecule is Cc1nn(C)c(C)c1C(C)C(=O)NCCCCCCCC(=O)O. The van der Waals surface area contributed by atoms with E-state index < -0.39 is 5.97 Å². The summed E-state index contributed by atoms with van der Waals surface area (Å²) < 4.78 is 1.81. The highest BCUT2D eigenvalue weighted by molar-refractivity contribution is 5.83. The summed E-state index contributed by atoms with van der Waals surface area (Å²) >= 11 is 0. The average Bonchev–Trinajstić information content (AvgIpc) is 2.73. The lowest BCUT2D eigenvalue weighted by Crippen LogP contribution is -2.29. The minimum Gasteiger partial charge on any atom is -0.481 e. The summed E-state index contributed by atoms with van der Waals surface area (Å²) in [7, 11) is 1.89. The molecular formula is C17H29N3O3. The number of hydrogen-bond donors (Lipinski definition) is 2. The number of nitrogens with one attached hydrogen (secondary N) is 1.